The number of amidine groups is 1. The maximum Gasteiger partial charge on any atom is 0.128 e. The number of nitrogens with zero attached hydrogens (tertiary/aromatic N) is 4. The van der Waals surface area contributed by atoms with E-state index in [-0.39, 0.29) is 0 Å². The van der Waals surface area contributed by atoms with Gasteiger partial charge in [-0.2, -0.15) is 5.10 Å². The number of likely N-dealkylation sites (tertiary alicyclic amines) is 1. The van der Waals surface area contributed by atoms with Gasteiger partial charge in [-0.05, 0) is 37.8 Å². The van der Waals surface area contributed by atoms with Gasteiger partial charge in [0.25, 0.3) is 0 Å². The molecule has 0 amide bonds. The highest BCUT2D eigenvalue weighted by atomic mass is 15.3. The van der Waals surface area contributed by atoms with E-state index in [1.165, 1.54) is 24.8 Å². The molecule has 5 heteroatoms. The molecule has 136 valence electrons. The normalized spacial score (nSPS) is 16.6. The molecule has 1 aliphatic heterocycles. The van der Waals surface area contributed by atoms with Gasteiger partial charge in [0.1, 0.15) is 5.84 Å². The zero-order valence-corrected chi connectivity index (χ0v) is 15.7. The lowest BCUT2D eigenvalue weighted by molar-refractivity contribution is 0.341. The summed E-state index contributed by atoms with van der Waals surface area (Å²) in [6.45, 7) is 4.72. The van der Waals surface area contributed by atoms with Crippen LogP contribution in [0.2, 0.25) is 0 Å². The highest BCUT2D eigenvalue weighted by Gasteiger charge is 2.14. The van der Waals surface area contributed by atoms with Crippen molar-refractivity contribution >= 4 is 24.2 Å². The molecule has 1 fully saturated rings. The van der Waals surface area contributed by atoms with E-state index in [2.05, 4.69) is 45.3 Å². The molecule has 0 saturated carbocycles. The minimum atomic E-state index is 0.645. The molecule has 0 aliphatic carbocycles. The summed E-state index contributed by atoms with van der Waals surface area (Å²) in [6, 6.07) is 8.31. The van der Waals surface area contributed by atoms with Crippen LogP contribution in [0.5, 0.6) is 0 Å². The van der Waals surface area contributed by atoms with Gasteiger partial charge in [0.05, 0.1) is 18.1 Å². The van der Waals surface area contributed by atoms with Crippen molar-refractivity contribution in [2.45, 2.75) is 32.7 Å². The summed E-state index contributed by atoms with van der Waals surface area (Å²) in [7, 11) is 1.77. The Bertz CT molecular complexity index is 883. The fourth-order valence-corrected chi connectivity index (χ4v) is 3.33. The first kappa shape index (κ1) is 18.1. The van der Waals surface area contributed by atoms with Crippen LogP contribution in [-0.2, 0) is 6.54 Å². The third-order valence-electron chi connectivity index (χ3n) is 4.83. The van der Waals surface area contributed by atoms with Gasteiger partial charge in [-0.25, -0.2) is 0 Å². The monoisotopic (exact) mass is 349 g/mol. The predicted molar refractivity (Wildman–Crippen MR) is 108 cm³/mol. The summed E-state index contributed by atoms with van der Waals surface area (Å²) in [5.74, 6) is 0.645. The largest absolute Gasteiger partial charge is 0.357 e. The lowest BCUT2D eigenvalue weighted by atomic mass is 10.1. The number of hydrogen-bond acceptors (Lipinski definition) is 3. The van der Waals surface area contributed by atoms with Crippen molar-refractivity contribution in [3.05, 3.63) is 52.2 Å². The summed E-state index contributed by atoms with van der Waals surface area (Å²) in [6.07, 6.45) is 11.4. The SMILES string of the molecule is C/C=c1/cnn(Cc2ccc(C(=N)N3CCCCC3)cc2)/c1=C/C=NC. The number of hydrogen-bond donors (Lipinski definition) is 1. The Kier molecular flexibility index (Phi) is 6.00. The summed E-state index contributed by atoms with van der Waals surface area (Å²) < 4.78 is 1.99. The van der Waals surface area contributed by atoms with Crippen LogP contribution in [0.1, 0.15) is 37.3 Å². The average molecular weight is 349 g/mol. The Morgan fingerprint density at radius 1 is 1.19 bits per heavy atom. The van der Waals surface area contributed by atoms with Crippen LogP contribution in [0, 0.1) is 5.41 Å². The van der Waals surface area contributed by atoms with E-state index in [9.17, 15) is 0 Å². The first-order chi connectivity index (χ1) is 12.7. The van der Waals surface area contributed by atoms with E-state index >= 15 is 0 Å². The molecule has 0 bridgehead atoms. The van der Waals surface area contributed by atoms with Crippen LogP contribution >= 0.6 is 0 Å². The zero-order valence-electron chi connectivity index (χ0n) is 15.7. The third-order valence-corrected chi connectivity index (χ3v) is 4.83. The average Bonchev–Trinajstić information content (AvgIpc) is 3.08. The molecule has 26 heavy (non-hydrogen) atoms. The van der Waals surface area contributed by atoms with Crippen molar-refractivity contribution in [1.82, 2.24) is 14.7 Å². The molecule has 3 rings (SSSR count). The first-order valence-corrected chi connectivity index (χ1v) is 9.26. The van der Waals surface area contributed by atoms with Crippen molar-refractivity contribution in [3.8, 4) is 0 Å². The lowest BCUT2D eigenvalue weighted by Crippen LogP contribution is -2.35. The highest BCUT2D eigenvalue weighted by Crippen LogP contribution is 2.14. The van der Waals surface area contributed by atoms with Crippen molar-refractivity contribution in [3.63, 3.8) is 0 Å². The third kappa shape index (κ3) is 4.10. The molecular weight excluding hydrogens is 322 g/mol. The number of aromatic nitrogens is 2. The molecule has 0 radical (unpaired) electrons. The zero-order chi connectivity index (χ0) is 18.4. The van der Waals surface area contributed by atoms with Gasteiger partial charge in [0.2, 0.25) is 0 Å². The molecule has 1 aromatic heterocycles. The van der Waals surface area contributed by atoms with Crippen LogP contribution in [0.3, 0.4) is 0 Å². The number of piperidine rings is 1. The molecule has 2 heterocycles. The van der Waals surface area contributed by atoms with Crippen molar-refractivity contribution in [1.29, 1.82) is 5.41 Å². The van der Waals surface area contributed by atoms with Crippen LogP contribution in [0.15, 0.2) is 35.5 Å². The second-order valence-corrected chi connectivity index (χ2v) is 6.60. The first-order valence-electron chi connectivity index (χ1n) is 9.26. The second kappa shape index (κ2) is 8.61. The minimum absolute atomic E-state index is 0.645. The number of nitrogens with one attached hydrogen (secondary N) is 1. The smallest absolute Gasteiger partial charge is 0.128 e. The van der Waals surface area contributed by atoms with E-state index in [0.717, 1.165) is 29.2 Å². The van der Waals surface area contributed by atoms with E-state index < -0.39 is 0 Å². The Balaban J connectivity index is 1.78. The Hall–Kier alpha value is -2.69. The molecule has 0 unspecified atom stereocenters. The van der Waals surface area contributed by atoms with Crippen molar-refractivity contribution < 1.29 is 0 Å². The number of rotatable bonds is 4. The topological polar surface area (TPSA) is 57.3 Å². The van der Waals surface area contributed by atoms with Crippen LogP contribution in [0.4, 0.5) is 0 Å². The van der Waals surface area contributed by atoms with Crippen LogP contribution in [-0.4, -0.2) is 46.9 Å². The fraction of sp³-hybridized carbons (Fsp3) is 0.381. The lowest BCUT2D eigenvalue weighted by Gasteiger charge is -2.29. The van der Waals surface area contributed by atoms with Crippen LogP contribution < -0.4 is 10.6 Å². The van der Waals surface area contributed by atoms with E-state index in [1.807, 2.05) is 23.9 Å². The number of benzene rings is 1. The molecule has 0 atom stereocenters. The fourth-order valence-electron chi connectivity index (χ4n) is 3.33. The summed E-state index contributed by atoms with van der Waals surface area (Å²) in [4.78, 5) is 6.23. The molecule has 2 aromatic rings. The molecule has 5 nitrogen and oxygen atoms in total. The van der Waals surface area contributed by atoms with E-state index in [1.54, 1.807) is 13.3 Å². The van der Waals surface area contributed by atoms with Gasteiger partial charge in [-0.3, -0.25) is 15.1 Å². The molecule has 1 N–H and O–H groups in total. The van der Waals surface area contributed by atoms with Crippen molar-refractivity contribution in [2.24, 2.45) is 4.99 Å². The molecule has 1 saturated heterocycles. The Labute approximate surface area is 154 Å². The van der Waals surface area contributed by atoms with Gasteiger partial charge >= 0.3 is 0 Å². The van der Waals surface area contributed by atoms with Gasteiger partial charge in [0, 0.05) is 37.1 Å². The molecule has 1 aromatic carbocycles. The number of aliphatic imine (C=N–C) groups is 1. The van der Waals surface area contributed by atoms with E-state index in [0.29, 0.717) is 12.4 Å². The van der Waals surface area contributed by atoms with Crippen LogP contribution in [0.25, 0.3) is 12.2 Å². The molecule has 1 aliphatic rings. The van der Waals surface area contributed by atoms with Crippen molar-refractivity contribution in [2.75, 3.05) is 20.1 Å². The van der Waals surface area contributed by atoms with Gasteiger partial charge in [-0.15, -0.1) is 0 Å². The minimum Gasteiger partial charge on any atom is -0.357 e. The second-order valence-electron chi connectivity index (χ2n) is 6.60. The van der Waals surface area contributed by atoms with Gasteiger partial charge in [-0.1, -0.05) is 30.3 Å². The standard InChI is InChI=1S/C21H27N5/c1-3-18-15-24-26(20(18)11-12-23-2)16-17-7-9-19(10-8-17)21(22)25-13-5-4-6-14-25/h3,7-12,15,22H,4-6,13-14,16H2,1-2H3/b18-3-,20-11+,22-21?,23-12?. The summed E-state index contributed by atoms with van der Waals surface area (Å²) in [5, 5.41) is 15.1. The maximum atomic E-state index is 8.44. The Morgan fingerprint density at radius 3 is 2.58 bits per heavy atom. The molecule has 0 spiro atoms. The molecular formula is C21H27N5. The summed E-state index contributed by atoms with van der Waals surface area (Å²) >= 11 is 0. The van der Waals surface area contributed by atoms with E-state index in [4.69, 9.17) is 5.41 Å². The Morgan fingerprint density at radius 2 is 1.92 bits per heavy atom. The highest BCUT2D eigenvalue weighted by molar-refractivity contribution is 5.96. The predicted octanol–water partition coefficient (Wildman–Crippen LogP) is 2.02. The van der Waals surface area contributed by atoms with Gasteiger partial charge < -0.3 is 4.90 Å². The van der Waals surface area contributed by atoms with Gasteiger partial charge in [0.15, 0.2) is 0 Å². The summed E-state index contributed by atoms with van der Waals surface area (Å²) in [5.41, 5.74) is 2.16. The maximum absolute atomic E-state index is 8.44. The quantitative estimate of drug-likeness (QED) is 0.678.